The van der Waals surface area contributed by atoms with Gasteiger partial charge in [-0.3, -0.25) is 9.58 Å². The summed E-state index contributed by atoms with van der Waals surface area (Å²) in [5.74, 6) is 0. The van der Waals surface area contributed by atoms with Gasteiger partial charge in [0.25, 0.3) is 0 Å². The first kappa shape index (κ1) is 15.3. The van der Waals surface area contributed by atoms with Crippen molar-refractivity contribution in [3.8, 4) is 0 Å². The number of halogens is 1. The molecule has 5 nitrogen and oxygen atoms in total. The number of likely N-dealkylation sites (tertiary alicyclic amines) is 1. The highest BCUT2D eigenvalue weighted by Crippen LogP contribution is 2.49. The Balaban J connectivity index is 1.66. The molecule has 2 fully saturated rings. The van der Waals surface area contributed by atoms with Gasteiger partial charge in [-0.25, -0.2) is 0 Å². The van der Waals surface area contributed by atoms with Crippen LogP contribution in [0.15, 0.2) is 0 Å². The van der Waals surface area contributed by atoms with Crippen LogP contribution in [0.1, 0.15) is 37.4 Å². The molecule has 2 atom stereocenters. The Morgan fingerprint density at radius 2 is 1.90 bits per heavy atom. The lowest BCUT2D eigenvalue weighted by atomic mass is 9.58. The van der Waals surface area contributed by atoms with Gasteiger partial charge < -0.3 is 10.2 Å². The summed E-state index contributed by atoms with van der Waals surface area (Å²) in [6, 6.07) is 0. The minimum absolute atomic E-state index is 0.247. The molecule has 118 valence electrons. The molecule has 1 aliphatic carbocycles. The zero-order chi connectivity index (χ0) is 15.2. The molecule has 1 aromatic rings. The van der Waals surface area contributed by atoms with Crippen molar-refractivity contribution < 1.29 is 10.2 Å². The SMILES string of the molecule is CCc1nn(C)c(Cl)c1CN1CCC2(CC1)[C@H](O)C[C@@H]2O. The van der Waals surface area contributed by atoms with Crippen LogP contribution >= 0.6 is 11.6 Å². The van der Waals surface area contributed by atoms with Gasteiger partial charge in [0.05, 0.1) is 17.9 Å². The summed E-state index contributed by atoms with van der Waals surface area (Å²) < 4.78 is 1.74. The van der Waals surface area contributed by atoms with Crippen molar-refractivity contribution in [3.63, 3.8) is 0 Å². The van der Waals surface area contributed by atoms with Gasteiger partial charge >= 0.3 is 0 Å². The summed E-state index contributed by atoms with van der Waals surface area (Å²) in [5.41, 5.74) is 1.93. The molecule has 0 radical (unpaired) electrons. The van der Waals surface area contributed by atoms with Crippen molar-refractivity contribution in [2.75, 3.05) is 13.1 Å². The molecular weight excluding hydrogens is 290 g/mol. The van der Waals surface area contributed by atoms with E-state index in [-0.39, 0.29) is 17.6 Å². The lowest BCUT2D eigenvalue weighted by Gasteiger charge is -2.55. The highest BCUT2D eigenvalue weighted by atomic mass is 35.5. The molecule has 0 bridgehead atoms. The maximum atomic E-state index is 9.99. The highest BCUT2D eigenvalue weighted by Gasteiger charge is 2.54. The van der Waals surface area contributed by atoms with Crippen LogP contribution in [-0.4, -0.2) is 50.2 Å². The topological polar surface area (TPSA) is 61.5 Å². The van der Waals surface area contributed by atoms with E-state index >= 15 is 0 Å². The number of nitrogens with zero attached hydrogens (tertiary/aromatic N) is 3. The van der Waals surface area contributed by atoms with Gasteiger partial charge in [-0.15, -0.1) is 0 Å². The number of piperidine rings is 1. The monoisotopic (exact) mass is 313 g/mol. The van der Waals surface area contributed by atoms with E-state index < -0.39 is 0 Å². The Kier molecular flexibility index (Phi) is 4.03. The Morgan fingerprint density at radius 1 is 1.29 bits per heavy atom. The van der Waals surface area contributed by atoms with Crippen molar-refractivity contribution in [2.24, 2.45) is 12.5 Å². The molecule has 1 saturated heterocycles. The summed E-state index contributed by atoms with van der Waals surface area (Å²) in [6.07, 6.45) is 2.47. The lowest BCUT2D eigenvalue weighted by molar-refractivity contribution is -0.190. The lowest BCUT2D eigenvalue weighted by Crippen LogP contribution is -2.61. The third-order valence-corrected chi connectivity index (χ3v) is 5.90. The zero-order valence-corrected chi connectivity index (χ0v) is 13.5. The van der Waals surface area contributed by atoms with Crippen molar-refractivity contribution in [1.82, 2.24) is 14.7 Å². The number of rotatable bonds is 3. The number of aliphatic hydroxyl groups excluding tert-OH is 2. The van der Waals surface area contributed by atoms with Crippen LogP contribution in [-0.2, 0) is 20.0 Å². The molecule has 1 spiro atoms. The van der Waals surface area contributed by atoms with E-state index in [0.29, 0.717) is 6.42 Å². The molecule has 2 aliphatic rings. The predicted octanol–water partition coefficient (Wildman–Crippen LogP) is 1.34. The molecule has 1 saturated carbocycles. The summed E-state index contributed by atoms with van der Waals surface area (Å²) >= 11 is 6.35. The normalized spacial score (nSPS) is 28.8. The highest BCUT2D eigenvalue weighted by molar-refractivity contribution is 6.30. The maximum absolute atomic E-state index is 9.99. The van der Waals surface area contributed by atoms with Crippen molar-refractivity contribution in [3.05, 3.63) is 16.4 Å². The largest absolute Gasteiger partial charge is 0.392 e. The summed E-state index contributed by atoms with van der Waals surface area (Å²) in [5, 5.41) is 25.1. The molecule has 1 aliphatic heterocycles. The fourth-order valence-electron chi connectivity index (χ4n) is 3.80. The second-order valence-electron chi connectivity index (χ2n) is 6.47. The van der Waals surface area contributed by atoms with E-state index in [1.807, 2.05) is 7.05 Å². The minimum Gasteiger partial charge on any atom is -0.392 e. The number of hydrogen-bond donors (Lipinski definition) is 2. The molecule has 0 aromatic carbocycles. The molecule has 2 N–H and O–H groups in total. The van der Waals surface area contributed by atoms with Gasteiger partial charge in [-0.05, 0) is 32.4 Å². The van der Waals surface area contributed by atoms with Gasteiger partial charge in [-0.2, -0.15) is 5.10 Å². The fourth-order valence-corrected chi connectivity index (χ4v) is 4.01. The Morgan fingerprint density at radius 3 is 2.43 bits per heavy atom. The average molecular weight is 314 g/mol. The van der Waals surface area contributed by atoms with Gasteiger partial charge in [0, 0.05) is 31.0 Å². The second kappa shape index (κ2) is 5.54. The van der Waals surface area contributed by atoms with Crippen LogP contribution in [0, 0.1) is 5.41 Å². The molecule has 3 rings (SSSR count). The van der Waals surface area contributed by atoms with Gasteiger partial charge in [0.15, 0.2) is 0 Å². The molecule has 6 heteroatoms. The van der Waals surface area contributed by atoms with Crippen molar-refractivity contribution in [1.29, 1.82) is 0 Å². The third kappa shape index (κ3) is 2.40. The minimum atomic E-state index is -0.331. The molecule has 0 amide bonds. The quantitative estimate of drug-likeness (QED) is 0.884. The Hall–Kier alpha value is -0.620. The average Bonchev–Trinajstić information content (AvgIpc) is 2.76. The molecule has 1 aromatic heterocycles. The fraction of sp³-hybridized carbons (Fsp3) is 0.800. The summed E-state index contributed by atoms with van der Waals surface area (Å²) in [4.78, 5) is 2.35. The molecule has 2 heterocycles. The number of aromatic nitrogens is 2. The molecule has 0 unspecified atom stereocenters. The van der Waals surface area contributed by atoms with Crippen LogP contribution in [0.5, 0.6) is 0 Å². The predicted molar refractivity (Wildman–Crippen MR) is 81.2 cm³/mol. The zero-order valence-electron chi connectivity index (χ0n) is 12.7. The van der Waals surface area contributed by atoms with E-state index in [9.17, 15) is 10.2 Å². The summed E-state index contributed by atoms with van der Waals surface area (Å²) in [6.45, 7) is 4.68. The van der Waals surface area contributed by atoms with E-state index in [2.05, 4.69) is 16.9 Å². The molecule has 21 heavy (non-hydrogen) atoms. The smallest absolute Gasteiger partial charge is 0.131 e. The first-order chi connectivity index (χ1) is 9.98. The van der Waals surface area contributed by atoms with Gasteiger partial charge in [0.2, 0.25) is 0 Å². The van der Waals surface area contributed by atoms with Crippen molar-refractivity contribution in [2.45, 2.75) is 51.4 Å². The van der Waals surface area contributed by atoms with E-state index in [1.165, 1.54) is 0 Å². The second-order valence-corrected chi connectivity index (χ2v) is 6.83. The first-order valence-electron chi connectivity index (χ1n) is 7.76. The van der Waals surface area contributed by atoms with E-state index in [0.717, 1.165) is 55.3 Å². The number of aryl methyl sites for hydroxylation is 2. The van der Waals surface area contributed by atoms with Crippen LogP contribution < -0.4 is 0 Å². The number of aliphatic hydroxyl groups is 2. The van der Waals surface area contributed by atoms with Crippen LogP contribution in [0.3, 0.4) is 0 Å². The van der Waals surface area contributed by atoms with Crippen LogP contribution in [0.4, 0.5) is 0 Å². The maximum Gasteiger partial charge on any atom is 0.131 e. The molecular formula is C15H24ClN3O2. The first-order valence-corrected chi connectivity index (χ1v) is 8.14. The standard InChI is InChI=1S/C15H24ClN3O2/c1-3-11-10(14(16)18(2)17-11)9-19-6-4-15(5-7-19)12(20)8-13(15)21/h12-13,20-21H,3-9H2,1-2H3/t12-,13+. The van der Waals surface area contributed by atoms with Gasteiger partial charge in [-0.1, -0.05) is 18.5 Å². The van der Waals surface area contributed by atoms with E-state index in [1.54, 1.807) is 4.68 Å². The van der Waals surface area contributed by atoms with Crippen LogP contribution in [0.2, 0.25) is 5.15 Å². The number of hydrogen-bond acceptors (Lipinski definition) is 4. The van der Waals surface area contributed by atoms with Crippen LogP contribution in [0.25, 0.3) is 0 Å². The summed E-state index contributed by atoms with van der Waals surface area (Å²) in [7, 11) is 1.87. The Bertz CT molecular complexity index is 513. The Labute approximate surface area is 130 Å². The van der Waals surface area contributed by atoms with Crippen molar-refractivity contribution >= 4 is 11.6 Å². The van der Waals surface area contributed by atoms with E-state index in [4.69, 9.17) is 11.6 Å². The third-order valence-electron chi connectivity index (χ3n) is 5.43. The van der Waals surface area contributed by atoms with Gasteiger partial charge in [0.1, 0.15) is 5.15 Å².